The number of fused-ring (bicyclic) bond motifs is 1. The first-order valence-electron chi connectivity index (χ1n) is 9.44. The summed E-state index contributed by atoms with van der Waals surface area (Å²) in [5.74, 6) is -0.110. The number of hydrogen-bond donors (Lipinski definition) is 1. The van der Waals surface area contributed by atoms with Gasteiger partial charge in [0, 0.05) is 19.0 Å². The third-order valence-corrected chi connectivity index (χ3v) is 5.07. The number of nitrogens with zero attached hydrogens (tertiary/aromatic N) is 4. The maximum absolute atomic E-state index is 12.6. The molecule has 10 heteroatoms. The SMILES string of the molecule is Cc1noc(CNC(=O)C2CCN(C(=O)Cn3c(=O)oc4ccccc43)CC2)n1. The number of nitrogens with one attached hydrogen (secondary N) is 1. The van der Waals surface area contributed by atoms with E-state index in [9.17, 15) is 14.4 Å². The molecule has 4 rings (SSSR count). The Morgan fingerprint density at radius 2 is 2.00 bits per heavy atom. The molecule has 0 saturated carbocycles. The lowest BCUT2D eigenvalue weighted by atomic mass is 9.96. The molecule has 1 aliphatic rings. The Morgan fingerprint density at radius 1 is 1.24 bits per heavy atom. The lowest BCUT2D eigenvalue weighted by Crippen LogP contribution is -2.44. The number of para-hydroxylation sites is 2. The second-order valence-corrected chi connectivity index (χ2v) is 7.03. The normalized spacial score (nSPS) is 15.0. The maximum atomic E-state index is 12.6. The summed E-state index contributed by atoms with van der Waals surface area (Å²) in [5.41, 5.74) is 1.05. The minimum Gasteiger partial charge on any atom is -0.408 e. The zero-order chi connectivity index (χ0) is 20.4. The number of benzene rings is 1. The average molecular weight is 399 g/mol. The molecule has 0 atom stereocenters. The molecule has 29 heavy (non-hydrogen) atoms. The van der Waals surface area contributed by atoms with Crippen LogP contribution < -0.4 is 11.1 Å². The minimum absolute atomic E-state index is 0.0801. The van der Waals surface area contributed by atoms with Crippen LogP contribution >= 0.6 is 0 Å². The number of carbonyl (C=O) groups excluding carboxylic acids is 2. The predicted octanol–water partition coefficient (Wildman–Crippen LogP) is 0.841. The third-order valence-electron chi connectivity index (χ3n) is 5.07. The summed E-state index contributed by atoms with van der Waals surface area (Å²) in [6.07, 6.45) is 1.11. The van der Waals surface area contributed by atoms with Gasteiger partial charge in [0.25, 0.3) is 0 Å². The van der Waals surface area contributed by atoms with Crippen molar-refractivity contribution in [2.24, 2.45) is 5.92 Å². The van der Waals surface area contributed by atoms with Crippen molar-refractivity contribution in [2.45, 2.75) is 32.9 Å². The van der Waals surface area contributed by atoms with Crippen LogP contribution in [0, 0.1) is 12.8 Å². The van der Waals surface area contributed by atoms with Crippen molar-refractivity contribution < 1.29 is 18.5 Å². The van der Waals surface area contributed by atoms with E-state index in [1.165, 1.54) is 4.57 Å². The number of carbonyl (C=O) groups is 2. The molecule has 0 aliphatic carbocycles. The molecule has 152 valence electrons. The van der Waals surface area contributed by atoms with Gasteiger partial charge in [-0.1, -0.05) is 17.3 Å². The number of likely N-dealkylation sites (tertiary alicyclic amines) is 1. The second kappa shape index (κ2) is 7.90. The van der Waals surface area contributed by atoms with Crippen molar-refractivity contribution >= 4 is 22.9 Å². The van der Waals surface area contributed by atoms with Crippen molar-refractivity contribution in [2.75, 3.05) is 13.1 Å². The molecule has 2 amide bonds. The summed E-state index contributed by atoms with van der Waals surface area (Å²) in [5, 5.41) is 6.47. The highest BCUT2D eigenvalue weighted by Gasteiger charge is 2.28. The van der Waals surface area contributed by atoms with Crippen LogP contribution in [0.3, 0.4) is 0 Å². The van der Waals surface area contributed by atoms with Crippen molar-refractivity contribution in [3.63, 3.8) is 0 Å². The molecule has 1 fully saturated rings. The predicted molar refractivity (Wildman–Crippen MR) is 101 cm³/mol. The fraction of sp³-hybridized carbons (Fsp3) is 0.421. The largest absolute Gasteiger partial charge is 0.420 e. The Bertz CT molecular complexity index is 1090. The average Bonchev–Trinajstić information content (AvgIpc) is 3.29. The van der Waals surface area contributed by atoms with Crippen LogP contribution in [0.5, 0.6) is 0 Å². The summed E-state index contributed by atoms with van der Waals surface area (Å²) in [7, 11) is 0. The molecule has 0 unspecified atom stereocenters. The quantitative estimate of drug-likeness (QED) is 0.674. The Labute approximate surface area is 165 Å². The summed E-state index contributed by atoms with van der Waals surface area (Å²) in [4.78, 5) is 42.8. The lowest BCUT2D eigenvalue weighted by Gasteiger charge is -2.31. The smallest absolute Gasteiger partial charge is 0.408 e. The molecule has 0 radical (unpaired) electrons. The monoisotopic (exact) mass is 399 g/mol. The van der Waals surface area contributed by atoms with Gasteiger partial charge in [0.1, 0.15) is 6.54 Å². The Morgan fingerprint density at radius 3 is 2.72 bits per heavy atom. The van der Waals surface area contributed by atoms with E-state index in [1.807, 2.05) is 0 Å². The third kappa shape index (κ3) is 4.05. The van der Waals surface area contributed by atoms with Crippen LogP contribution in [-0.4, -0.2) is 44.5 Å². The van der Waals surface area contributed by atoms with E-state index in [2.05, 4.69) is 15.5 Å². The molecule has 1 aliphatic heterocycles. The van der Waals surface area contributed by atoms with E-state index in [0.717, 1.165) is 0 Å². The Balaban J connectivity index is 1.30. The highest BCUT2D eigenvalue weighted by molar-refractivity contribution is 5.81. The fourth-order valence-electron chi connectivity index (χ4n) is 3.51. The standard InChI is InChI=1S/C19H21N5O5/c1-12-21-16(29-22-12)10-20-18(26)13-6-8-23(9-7-13)17(25)11-24-14-4-2-3-5-15(14)28-19(24)27/h2-5,13H,6-11H2,1H3,(H,20,26). The summed E-state index contributed by atoms with van der Waals surface area (Å²) in [6, 6.07) is 7.00. The number of aromatic nitrogens is 3. The number of hydrogen-bond acceptors (Lipinski definition) is 7. The summed E-state index contributed by atoms with van der Waals surface area (Å²) >= 11 is 0. The van der Waals surface area contributed by atoms with Gasteiger partial charge in [-0.3, -0.25) is 14.2 Å². The van der Waals surface area contributed by atoms with E-state index in [0.29, 0.717) is 48.7 Å². The van der Waals surface area contributed by atoms with Gasteiger partial charge in [-0.25, -0.2) is 4.79 Å². The van der Waals surface area contributed by atoms with Crippen LogP contribution in [-0.2, 0) is 22.7 Å². The van der Waals surface area contributed by atoms with E-state index < -0.39 is 5.76 Å². The Kier molecular flexibility index (Phi) is 5.15. The van der Waals surface area contributed by atoms with Crippen molar-refractivity contribution in [1.29, 1.82) is 0 Å². The van der Waals surface area contributed by atoms with Crippen molar-refractivity contribution in [3.8, 4) is 0 Å². The number of aryl methyl sites for hydroxylation is 1. The van der Waals surface area contributed by atoms with E-state index in [4.69, 9.17) is 8.94 Å². The number of piperidine rings is 1. The van der Waals surface area contributed by atoms with Gasteiger partial charge in [-0.05, 0) is 31.9 Å². The zero-order valence-electron chi connectivity index (χ0n) is 16.0. The van der Waals surface area contributed by atoms with Gasteiger partial charge < -0.3 is 19.2 Å². The first-order chi connectivity index (χ1) is 14.0. The van der Waals surface area contributed by atoms with E-state index in [-0.39, 0.29) is 30.8 Å². The molecule has 0 spiro atoms. The number of oxazole rings is 1. The molecule has 1 aromatic carbocycles. The molecule has 0 bridgehead atoms. The molecular weight excluding hydrogens is 378 g/mol. The summed E-state index contributed by atoms with van der Waals surface area (Å²) < 4.78 is 11.5. The van der Waals surface area contributed by atoms with Crippen LogP contribution in [0.25, 0.3) is 11.1 Å². The lowest BCUT2D eigenvalue weighted by molar-refractivity contribution is -0.136. The molecule has 1 N–H and O–H groups in total. The Hall–Kier alpha value is -3.43. The van der Waals surface area contributed by atoms with E-state index in [1.54, 1.807) is 36.1 Å². The number of amides is 2. The van der Waals surface area contributed by atoms with Crippen LogP contribution in [0.15, 0.2) is 38.0 Å². The molecule has 10 nitrogen and oxygen atoms in total. The number of rotatable bonds is 5. The van der Waals surface area contributed by atoms with E-state index >= 15 is 0 Å². The molecule has 2 aromatic heterocycles. The zero-order valence-corrected chi connectivity index (χ0v) is 16.0. The maximum Gasteiger partial charge on any atom is 0.420 e. The van der Waals surface area contributed by atoms with Gasteiger partial charge in [0.05, 0.1) is 12.1 Å². The summed E-state index contributed by atoms with van der Waals surface area (Å²) in [6.45, 7) is 2.74. The van der Waals surface area contributed by atoms with Gasteiger partial charge in [0.15, 0.2) is 11.4 Å². The van der Waals surface area contributed by atoms with Gasteiger partial charge in [-0.15, -0.1) is 0 Å². The molecule has 3 aromatic rings. The first kappa shape index (κ1) is 18.9. The molecular formula is C19H21N5O5. The highest BCUT2D eigenvalue weighted by Crippen LogP contribution is 2.19. The van der Waals surface area contributed by atoms with Crippen LogP contribution in [0.4, 0.5) is 0 Å². The molecule has 3 heterocycles. The van der Waals surface area contributed by atoms with Crippen LogP contribution in [0.2, 0.25) is 0 Å². The van der Waals surface area contributed by atoms with Crippen molar-refractivity contribution in [1.82, 2.24) is 24.9 Å². The fourth-order valence-corrected chi connectivity index (χ4v) is 3.51. The van der Waals surface area contributed by atoms with Crippen molar-refractivity contribution in [3.05, 3.63) is 46.5 Å². The topological polar surface area (TPSA) is 123 Å². The van der Waals surface area contributed by atoms with Crippen LogP contribution in [0.1, 0.15) is 24.6 Å². The highest BCUT2D eigenvalue weighted by atomic mass is 16.5. The first-order valence-corrected chi connectivity index (χ1v) is 9.44. The van der Waals surface area contributed by atoms with Gasteiger partial charge in [-0.2, -0.15) is 4.98 Å². The minimum atomic E-state index is -0.551. The second-order valence-electron chi connectivity index (χ2n) is 7.03. The van der Waals surface area contributed by atoms with Gasteiger partial charge >= 0.3 is 5.76 Å². The van der Waals surface area contributed by atoms with Gasteiger partial charge in [0.2, 0.25) is 17.7 Å². The molecule has 1 saturated heterocycles.